The van der Waals surface area contributed by atoms with E-state index in [9.17, 15) is 9.59 Å². The van der Waals surface area contributed by atoms with E-state index in [1.165, 1.54) is 0 Å². The minimum atomic E-state index is -0.947. The van der Waals surface area contributed by atoms with Crippen molar-refractivity contribution in [3.63, 3.8) is 0 Å². The molecule has 0 rings (SSSR count). The summed E-state index contributed by atoms with van der Waals surface area (Å²) >= 11 is 1.08. The number of nitriles is 1. The molecule has 0 spiro atoms. The Morgan fingerprint density at radius 2 is 1.63 bits per heavy atom. The fourth-order valence-corrected chi connectivity index (χ4v) is 0.488. The first-order valence-electron chi connectivity index (χ1n) is 4.71. The molecule has 0 aliphatic heterocycles. The van der Waals surface area contributed by atoms with Gasteiger partial charge in [-0.15, -0.1) is 25.2 Å². The van der Waals surface area contributed by atoms with Gasteiger partial charge in [0.15, 0.2) is 0 Å². The highest BCUT2D eigenvalue weighted by molar-refractivity contribution is 8.03. The molecule has 0 aromatic heterocycles. The zero-order chi connectivity index (χ0) is 15.5. The molecule has 100 valence electrons. The molecule has 0 heterocycles. The molecule has 6 heteroatoms. The first-order valence-corrected chi connectivity index (χ1v) is 5.69. The van der Waals surface area contributed by atoms with Crippen molar-refractivity contribution in [3.8, 4) is 42.4 Å². The minimum Gasteiger partial charge on any atom is -0.481 e. The molecular formula is C13H13NO4S. The van der Waals surface area contributed by atoms with Crippen molar-refractivity contribution < 1.29 is 19.8 Å². The molecule has 0 aromatic rings. The predicted molar refractivity (Wildman–Crippen MR) is 73.7 cm³/mol. The number of thioether (sulfide) groups is 1. The Labute approximate surface area is 117 Å². The molecule has 0 radical (unpaired) electrons. The number of hydrogen-bond donors (Lipinski definition) is 2. The summed E-state index contributed by atoms with van der Waals surface area (Å²) in [6, 6.07) is 0. The van der Waals surface area contributed by atoms with Crippen LogP contribution in [0.5, 0.6) is 0 Å². The molecule has 0 atom stereocenters. The highest BCUT2D eigenvalue weighted by atomic mass is 32.2. The zero-order valence-corrected chi connectivity index (χ0v) is 10.9. The predicted octanol–water partition coefficient (Wildman–Crippen LogP) is 1.41. The van der Waals surface area contributed by atoms with E-state index in [4.69, 9.17) is 28.3 Å². The first-order chi connectivity index (χ1) is 8.95. The molecule has 0 aromatic carbocycles. The number of carbonyl (C=O) groups is 2. The fraction of sp³-hybridized carbons (Fsp3) is 0.308. The average Bonchev–Trinajstić information content (AvgIpc) is 2.35. The quantitative estimate of drug-likeness (QED) is 0.458. The van der Waals surface area contributed by atoms with Gasteiger partial charge in [0.05, 0.1) is 12.2 Å². The topological polar surface area (TPSA) is 98.4 Å². The van der Waals surface area contributed by atoms with Crippen LogP contribution in [0.1, 0.15) is 19.3 Å². The van der Waals surface area contributed by atoms with E-state index < -0.39 is 11.9 Å². The molecule has 19 heavy (non-hydrogen) atoms. The second-order valence-electron chi connectivity index (χ2n) is 2.46. The third-order valence-electron chi connectivity index (χ3n) is 0.957. The van der Waals surface area contributed by atoms with Crippen LogP contribution in [0.25, 0.3) is 0 Å². The summed E-state index contributed by atoms with van der Waals surface area (Å²) in [7, 11) is 0. The van der Waals surface area contributed by atoms with Crippen LogP contribution in [0.4, 0.5) is 0 Å². The zero-order valence-electron chi connectivity index (χ0n) is 10.1. The first kappa shape index (κ1) is 21.7. The average molecular weight is 279 g/mol. The van der Waals surface area contributed by atoms with Crippen LogP contribution in [0.2, 0.25) is 0 Å². The highest BCUT2D eigenvalue weighted by Crippen LogP contribution is 1.89. The standard InChI is InChI=1S/C5H6O2.C4H3NS.C4H4O2/c1-2-3-4-5(6)7;1-2-3-6-4-5;1-2-3-4(5)6/h1H,3-4H2,(H,6,7);1H,3H2;1H,3H2,(H,5,6). The third kappa shape index (κ3) is 50.3. The van der Waals surface area contributed by atoms with Crippen LogP contribution in [0.15, 0.2) is 0 Å². The lowest BCUT2D eigenvalue weighted by atomic mass is 10.3. The molecular weight excluding hydrogens is 266 g/mol. The van der Waals surface area contributed by atoms with E-state index in [-0.39, 0.29) is 12.8 Å². The smallest absolute Gasteiger partial charge is 0.315 e. The number of terminal acetylenes is 3. The van der Waals surface area contributed by atoms with Crippen molar-refractivity contribution in [3.05, 3.63) is 0 Å². The summed E-state index contributed by atoms with van der Waals surface area (Å²) in [5, 5.41) is 25.4. The molecule has 0 aliphatic rings. The van der Waals surface area contributed by atoms with Gasteiger partial charge in [-0.1, -0.05) is 11.8 Å². The van der Waals surface area contributed by atoms with Gasteiger partial charge in [-0.05, 0) is 11.8 Å². The maximum Gasteiger partial charge on any atom is 0.315 e. The van der Waals surface area contributed by atoms with Gasteiger partial charge in [0.1, 0.15) is 11.8 Å². The van der Waals surface area contributed by atoms with Gasteiger partial charge in [-0.25, -0.2) is 0 Å². The van der Waals surface area contributed by atoms with E-state index in [0.717, 1.165) is 11.8 Å². The highest BCUT2D eigenvalue weighted by Gasteiger charge is 1.89. The Kier molecular flexibility index (Phi) is 23.8. The van der Waals surface area contributed by atoms with Crippen LogP contribution in [0, 0.1) is 47.7 Å². The SMILES string of the molecule is C#CCC(=O)O.C#CCCC(=O)O.C#CCSC#N. The van der Waals surface area contributed by atoms with Crippen LogP contribution in [-0.2, 0) is 9.59 Å². The number of rotatable bonds is 4. The van der Waals surface area contributed by atoms with Crippen LogP contribution in [0.3, 0.4) is 0 Å². The maximum atomic E-state index is 9.66. The number of thiocyanates is 1. The molecule has 0 fully saturated rings. The third-order valence-corrected chi connectivity index (χ3v) is 1.40. The number of hydrogen-bond acceptors (Lipinski definition) is 4. The van der Waals surface area contributed by atoms with Gasteiger partial charge in [-0.2, -0.15) is 5.26 Å². The van der Waals surface area contributed by atoms with Crippen molar-refractivity contribution in [2.45, 2.75) is 19.3 Å². The van der Waals surface area contributed by atoms with Gasteiger partial charge in [-0.3, -0.25) is 9.59 Å². The van der Waals surface area contributed by atoms with Crippen molar-refractivity contribution in [2.75, 3.05) is 5.75 Å². The summed E-state index contributed by atoms with van der Waals surface area (Å²) in [6.45, 7) is 0. The fourth-order valence-electron chi connectivity index (χ4n) is 0.340. The van der Waals surface area contributed by atoms with Gasteiger partial charge < -0.3 is 10.2 Å². The Bertz CT molecular complexity index is 404. The van der Waals surface area contributed by atoms with Crippen molar-refractivity contribution >= 4 is 23.7 Å². The molecule has 2 N–H and O–H groups in total. The summed E-state index contributed by atoms with van der Waals surface area (Å²) in [4.78, 5) is 19.1. The van der Waals surface area contributed by atoms with Crippen LogP contribution < -0.4 is 0 Å². The second kappa shape index (κ2) is 20.8. The number of aliphatic carboxylic acids is 2. The van der Waals surface area contributed by atoms with Crippen LogP contribution in [-0.4, -0.2) is 27.9 Å². The lowest BCUT2D eigenvalue weighted by Crippen LogP contribution is -1.91. The van der Waals surface area contributed by atoms with E-state index in [1.807, 2.05) is 11.3 Å². The van der Waals surface area contributed by atoms with E-state index in [0.29, 0.717) is 12.2 Å². The van der Waals surface area contributed by atoms with Crippen molar-refractivity contribution in [2.24, 2.45) is 0 Å². The summed E-state index contributed by atoms with van der Waals surface area (Å²) in [6.07, 6.45) is 14.4. The molecule has 0 bridgehead atoms. The van der Waals surface area contributed by atoms with Crippen LogP contribution >= 0.6 is 11.8 Å². The monoisotopic (exact) mass is 279 g/mol. The van der Waals surface area contributed by atoms with Crippen molar-refractivity contribution in [1.29, 1.82) is 5.26 Å². The maximum absolute atomic E-state index is 9.66. The largest absolute Gasteiger partial charge is 0.481 e. The van der Waals surface area contributed by atoms with Gasteiger partial charge >= 0.3 is 11.9 Å². The number of nitrogens with zero attached hydrogens (tertiary/aromatic N) is 1. The molecule has 5 nitrogen and oxygen atoms in total. The van der Waals surface area contributed by atoms with E-state index in [2.05, 4.69) is 18.3 Å². The Hall–Kier alpha value is -2.54. The Morgan fingerprint density at radius 1 is 1.05 bits per heavy atom. The summed E-state index contributed by atoms with van der Waals surface area (Å²) < 4.78 is 0. The van der Waals surface area contributed by atoms with E-state index in [1.54, 1.807) is 0 Å². The Morgan fingerprint density at radius 3 is 1.74 bits per heavy atom. The summed E-state index contributed by atoms with van der Waals surface area (Å²) in [5.74, 6) is 5.21. The van der Waals surface area contributed by atoms with Gasteiger partial charge in [0.25, 0.3) is 0 Å². The second-order valence-corrected chi connectivity index (χ2v) is 3.22. The van der Waals surface area contributed by atoms with Crippen molar-refractivity contribution in [1.82, 2.24) is 0 Å². The minimum absolute atomic E-state index is 0.0799. The summed E-state index contributed by atoms with van der Waals surface area (Å²) in [5.41, 5.74) is 0. The van der Waals surface area contributed by atoms with Gasteiger partial charge in [0.2, 0.25) is 0 Å². The molecule has 0 saturated carbocycles. The van der Waals surface area contributed by atoms with Gasteiger partial charge in [0, 0.05) is 6.42 Å². The molecule has 0 saturated heterocycles. The number of carboxylic acids is 2. The molecule has 0 aliphatic carbocycles. The van der Waals surface area contributed by atoms with E-state index >= 15 is 0 Å². The Balaban J connectivity index is -0.000000203. The molecule has 0 unspecified atom stereocenters. The number of carboxylic acid groups (broad SMARTS) is 2. The lowest BCUT2D eigenvalue weighted by Gasteiger charge is -1.80. The lowest BCUT2D eigenvalue weighted by molar-refractivity contribution is -0.137. The normalized spacial score (nSPS) is 6.53. The molecule has 0 amide bonds.